The topological polar surface area (TPSA) is 21.6 Å². The smallest absolute Gasteiger partial charge is 0.216 e. The predicted molar refractivity (Wildman–Crippen MR) is 56.4 cm³/mol. The first kappa shape index (κ1) is 8.04. The first-order valence-corrected chi connectivity index (χ1v) is 4.76. The second kappa shape index (κ2) is 3.05. The third-order valence-corrected chi connectivity index (χ3v) is 2.56. The van der Waals surface area contributed by atoms with Gasteiger partial charge in [-0.1, -0.05) is 6.07 Å². The number of nitrogens with zero attached hydrogens (tertiary/aromatic N) is 1. The molecule has 0 spiro atoms. The molecule has 0 radical (unpaired) electrons. The van der Waals surface area contributed by atoms with E-state index in [-0.39, 0.29) is 0 Å². The predicted octanol–water partition coefficient (Wildman–Crippen LogP) is 2.20. The maximum absolute atomic E-state index is 5.14. The van der Waals surface area contributed by atoms with Crippen LogP contribution in [-0.4, -0.2) is 13.0 Å². The van der Waals surface area contributed by atoms with Crippen LogP contribution in [-0.2, 0) is 11.3 Å². The minimum Gasteiger partial charge on any atom is -0.481 e. The number of rotatable bonds is 0. The van der Waals surface area contributed by atoms with Crippen molar-refractivity contribution in [2.24, 2.45) is 4.99 Å². The minimum atomic E-state index is 0.759. The lowest BCUT2D eigenvalue weighted by molar-refractivity contribution is 0.405. The van der Waals surface area contributed by atoms with Gasteiger partial charge in [-0.05, 0) is 40.3 Å². The highest BCUT2D eigenvalue weighted by Crippen LogP contribution is 2.21. The zero-order chi connectivity index (χ0) is 8.55. The quantitative estimate of drug-likeness (QED) is 0.664. The van der Waals surface area contributed by atoms with Crippen LogP contribution in [0, 0.1) is 3.57 Å². The van der Waals surface area contributed by atoms with Gasteiger partial charge in [0, 0.05) is 9.13 Å². The molecule has 3 heteroatoms. The molecular formula is C9H8INO. The second-order valence-corrected chi connectivity index (χ2v) is 3.87. The largest absolute Gasteiger partial charge is 0.481 e. The monoisotopic (exact) mass is 273 g/mol. The van der Waals surface area contributed by atoms with Crippen molar-refractivity contribution in [3.8, 4) is 0 Å². The zero-order valence-electron chi connectivity index (χ0n) is 6.67. The average Bonchev–Trinajstić information content (AvgIpc) is 2.46. The van der Waals surface area contributed by atoms with Crippen molar-refractivity contribution >= 4 is 28.5 Å². The Morgan fingerprint density at radius 3 is 3.08 bits per heavy atom. The summed E-state index contributed by atoms with van der Waals surface area (Å²) in [6.45, 7) is 0.759. The van der Waals surface area contributed by atoms with Crippen molar-refractivity contribution < 1.29 is 4.74 Å². The van der Waals surface area contributed by atoms with Crippen molar-refractivity contribution in [1.29, 1.82) is 0 Å². The summed E-state index contributed by atoms with van der Waals surface area (Å²) in [5.41, 5.74) is 2.40. The van der Waals surface area contributed by atoms with Gasteiger partial charge in [-0.25, -0.2) is 4.99 Å². The lowest BCUT2D eigenvalue weighted by Gasteiger charge is -2.01. The summed E-state index contributed by atoms with van der Waals surface area (Å²) >= 11 is 2.29. The Balaban J connectivity index is 2.50. The maximum Gasteiger partial charge on any atom is 0.216 e. The van der Waals surface area contributed by atoms with Gasteiger partial charge in [0.15, 0.2) is 0 Å². The van der Waals surface area contributed by atoms with E-state index in [0.717, 1.165) is 18.0 Å². The van der Waals surface area contributed by atoms with Gasteiger partial charge in [0.2, 0.25) is 5.90 Å². The summed E-state index contributed by atoms with van der Waals surface area (Å²) in [6, 6.07) is 6.30. The molecule has 1 heterocycles. The summed E-state index contributed by atoms with van der Waals surface area (Å²) in [4.78, 5) is 4.25. The maximum atomic E-state index is 5.14. The number of halogens is 1. The molecule has 1 aliphatic rings. The number of benzene rings is 1. The molecule has 0 N–H and O–H groups in total. The van der Waals surface area contributed by atoms with Crippen molar-refractivity contribution in [2.75, 3.05) is 7.11 Å². The first-order chi connectivity index (χ1) is 5.81. The molecule has 0 aliphatic carbocycles. The van der Waals surface area contributed by atoms with Crippen LogP contribution < -0.4 is 0 Å². The number of fused-ring (bicyclic) bond motifs is 1. The zero-order valence-corrected chi connectivity index (χ0v) is 8.83. The molecule has 12 heavy (non-hydrogen) atoms. The van der Waals surface area contributed by atoms with Gasteiger partial charge in [0.25, 0.3) is 0 Å². The standard InChI is InChI=1S/C9H8INO/c1-12-9-8-4-7(10)3-2-6(8)5-11-9/h2-4H,5H2,1H3. The van der Waals surface area contributed by atoms with Gasteiger partial charge >= 0.3 is 0 Å². The third kappa shape index (κ3) is 1.22. The molecule has 0 fully saturated rings. The highest BCUT2D eigenvalue weighted by molar-refractivity contribution is 14.1. The van der Waals surface area contributed by atoms with E-state index in [4.69, 9.17) is 4.74 Å². The molecule has 0 unspecified atom stereocenters. The molecule has 0 atom stereocenters. The van der Waals surface area contributed by atoms with Crippen LogP contribution in [0.5, 0.6) is 0 Å². The van der Waals surface area contributed by atoms with E-state index in [1.807, 2.05) is 0 Å². The van der Waals surface area contributed by atoms with Crippen molar-refractivity contribution in [3.05, 3.63) is 32.9 Å². The Hall–Kier alpha value is -0.580. The van der Waals surface area contributed by atoms with E-state index in [2.05, 4.69) is 45.8 Å². The molecular weight excluding hydrogens is 265 g/mol. The average molecular weight is 273 g/mol. The molecule has 1 aliphatic heterocycles. The first-order valence-electron chi connectivity index (χ1n) is 3.68. The van der Waals surface area contributed by atoms with Crippen LogP contribution >= 0.6 is 22.6 Å². The van der Waals surface area contributed by atoms with Crippen molar-refractivity contribution in [2.45, 2.75) is 6.54 Å². The van der Waals surface area contributed by atoms with Crippen LogP contribution in [0.4, 0.5) is 0 Å². The molecule has 2 nitrogen and oxygen atoms in total. The summed E-state index contributed by atoms with van der Waals surface area (Å²) < 4.78 is 6.36. The lowest BCUT2D eigenvalue weighted by atomic mass is 10.1. The summed E-state index contributed by atoms with van der Waals surface area (Å²) in [5.74, 6) is 0.767. The molecule has 0 bridgehead atoms. The van der Waals surface area contributed by atoms with Crippen LogP contribution in [0.2, 0.25) is 0 Å². The molecule has 2 rings (SSSR count). The number of methoxy groups -OCH3 is 1. The second-order valence-electron chi connectivity index (χ2n) is 2.63. The molecule has 0 saturated carbocycles. The van der Waals surface area contributed by atoms with Crippen LogP contribution in [0.15, 0.2) is 23.2 Å². The fourth-order valence-electron chi connectivity index (χ4n) is 1.30. The summed E-state index contributed by atoms with van der Waals surface area (Å²) in [6.07, 6.45) is 0. The molecule has 1 aromatic rings. The van der Waals surface area contributed by atoms with Crippen molar-refractivity contribution in [3.63, 3.8) is 0 Å². The Kier molecular flexibility index (Phi) is 2.04. The Morgan fingerprint density at radius 2 is 2.33 bits per heavy atom. The van der Waals surface area contributed by atoms with Crippen molar-refractivity contribution in [1.82, 2.24) is 0 Å². The highest BCUT2D eigenvalue weighted by Gasteiger charge is 2.15. The molecule has 0 amide bonds. The van der Waals surface area contributed by atoms with Gasteiger partial charge in [0.1, 0.15) is 0 Å². The molecule has 0 saturated heterocycles. The lowest BCUT2D eigenvalue weighted by Crippen LogP contribution is -2.00. The molecule has 1 aromatic carbocycles. The number of hydrogen-bond acceptors (Lipinski definition) is 2. The Bertz CT molecular complexity index is 346. The highest BCUT2D eigenvalue weighted by atomic mass is 127. The van der Waals surface area contributed by atoms with Crippen LogP contribution in [0.3, 0.4) is 0 Å². The minimum absolute atomic E-state index is 0.759. The van der Waals surface area contributed by atoms with E-state index in [1.165, 1.54) is 9.13 Å². The third-order valence-electron chi connectivity index (χ3n) is 1.89. The SMILES string of the molecule is COC1=NCc2ccc(I)cc21. The van der Waals surface area contributed by atoms with Gasteiger partial charge < -0.3 is 4.74 Å². The van der Waals surface area contributed by atoms with E-state index in [9.17, 15) is 0 Å². The fourth-order valence-corrected chi connectivity index (χ4v) is 1.79. The van der Waals surface area contributed by atoms with E-state index >= 15 is 0 Å². The molecule has 0 aromatic heterocycles. The van der Waals surface area contributed by atoms with E-state index in [0.29, 0.717) is 0 Å². The van der Waals surface area contributed by atoms with Gasteiger partial charge in [-0.2, -0.15) is 0 Å². The number of aliphatic imine (C=N–C) groups is 1. The van der Waals surface area contributed by atoms with E-state index in [1.54, 1.807) is 7.11 Å². The fraction of sp³-hybridized carbons (Fsp3) is 0.222. The number of ether oxygens (including phenoxy) is 1. The summed E-state index contributed by atoms with van der Waals surface area (Å²) in [5, 5.41) is 0. The van der Waals surface area contributed by atoms with Gasteiger partial charge in [0.05, 0.1) is 13.7 Å². The van der Waals surface area contributed by atoms with Gasteiger partial charge in [-0.3, -0.25) is 0 Å². The van der Waals surface area contributed by atoms with Gasteiger partial charge in [-0.15, -0.1) is 0 Å². The Labute approximate surface area is 84.8 Å². The van der Waals surface area contributed by atoms with E-state index < -0.39 is 0 Å². The number of hydrogen-bond donors (Lipinski definition) is 0. The van der Waals surface area contributed by atoms with Crippen LogP contribution in [0.1, 0.15) is 11.1 Å². The summed E-state index contributed by atoms with van der Waals surface area (Å²) in [7, 11) is 1.66. The molecule has 62 valence electrons. The Morgan fingerprint density at radius 1 is 1.50 bits per heavy atom. The normalized spacial score (nSPS) is 14.0. The van der Waals surface area contributed by atoms with Crippen LogP contribution in [0.25, 0.3) is 0 Å².